The van der Waals surface area contributed by atoms with Gasteiger partial charge in [0.15, 0.2) is 5.82 Å². The molecule has 19 heavy (non-hydrogen) atoms. The van der Waals surface area contributed by atoms with Crippen molar-refractivity contribution in [2.45, 2.75) is 13.3 Å². The van der Waals surface area contributed by atoms with E-state index in [0.29, 0.717) is 15.3 Å². The Kier molecular flexibility index (Phi) is 3.20. The SMILES string of the molecule is CCc1nc2s/c(=C\c3ccc(Br)cc3)c(=O)n2n1. The normalized spacial score (nSPS) is 12.4. The molecule has 0 amide bonds. The highest BCUT2D eigenvalue weighted by Gasteiger charge is 2.08. The zero-order chi connectivity index (χ0) is 13.4. The summed E-state index contributed by atoms with van der Waals surface area (Å²) in [5.41, 5.74) is 0.885. The Bertz CT molecular complexity index is 835. The van der Waals surface area contributed by atoms with Crippen molar-refractivity contribution in [3.05, 3.63) is 55.0 Å². The van der Waals surface area contributed by atoms with Crippen molar-refractivity contribution in [3.63, 3.8) is 0 Å². The topological polar surface area (TPSA) is 47.3 Å². The predicted molar refractivity (Wildman–Crippen MR) is 79.4 cm³/mol. The molecule has 0 N–H and O–H groups in total. The molecule has 0 fully saturated rings. The molecular formula is C13H10BrN3OS. The molecule has 0 saturated heterocycles. The molecule has 2 heterocycles. The predicted octanol–water partition coefficient (Wildman–Crippen LogP) is 2.02. The lowest BCUT2D eigenvalue weighted by Gasteiger charge is -1.91. The second kappa shape index (κ2) is 4.86. The van der Waals surface area contributed by atoms with Crippen LogP contribution in [0.4, 0.5) is 0 Å². The summed E-state index contributed by atoms with van der Waals surface area (Å²) in [4.78, 5) is 17.1. The third-order valence-electron chi connectivity index (χ3n) is 2.71. The van der Waals surface area contributed by atoms with E-state index in [4.69, 9.17) is 0 Å². The van der Waals surface area contributed by atoms with Gasteiger partial charge in [-0.3, -0.25) is 4.79 Å². The van der Waals surface area contributed by atoms with E-state index in [1.54, 1.807) is 0 Å². The lowest BCUT2D eigenvalue weighted by molar-refractivity contribution is 0.867. The standard InChI is InChI=1S/C13H10BrN3OS/c1-2-11-15-13-17(16-11)12(18)10(19-13)7-8-3-5-9(14)6-4-8/h3-7H,2H2,1H3/b10-7-. The van der Waals surface area contributed by atoms with E-state index < -0.39 is 0 Å². The molecule has 0 aliphatic carbocycles. The zero-order valence-electron chi connectivity index (χ0n) is 10.1. The molecule has 0 aliphatic rings. The van der Waals surface area contributed by atoms with Gasteiger partial charge in [-0.2, -0.15) is 4.52 Å². The van der Waals surface area contributed by atoms with Crippen LogP contribution < -0.4 is 10.1 Å². The number of fused-ring (bicyclic) bond motifs is 1. The molecule has 0 bridgehead atoms. The summed E-state index contributed by atoms with van der Waals surface area (Å²) in [6.45, 7) is 1.97. The molecule has 3 aromatic rings. The molecule has 0 atom stereocenters. The van der Waals surface area contributed by atoms with Crippen LogP contribution in [0.25, 0.3) is 11.0 Å². The highest BCUT2D eigenvalue weighted by atomic mass is 79.9. The van der Waals surface area contributed by atoms with Crippen molar-refractivity contribution in [1.82, 2.24) is 14.6 Å². The number of aryl methyl sites for hydroxylation is 1. The number of rotatable bonds is 2. The van der Waals surface area contributed by atoms with Crippen LogP contribution in [0, 0.1) is 0 Å². The number of nitrogens with zero attached hydrogens (tertiary/aromatic N) is 3. The van der Waals surface area contributed by atoms with Gasteiger partial charge in [-0.05, 0) is 23.8 Å². The fraction of sp³-hybridized carbons (Fsp3) is 0.154. The van der Waals surface area contributed by atoms with Gasteiger partial charge in [-0.1, -0.05) is 46.3 Å². The molecular weight excluding hydrogens is 326 g/mol. The summed E-state index contributed by atoms with van der Waals surface area (Å²) in [5, 5.41) is 4.18. The summed E-state index contributed by atoms with van der Waals surface area (Å²) in [6.07, 6.45) is 2.60. The fourth-order valence-electron chi connectivity index (χ4n) is 1.73. The van der Waals surface area contributed by atoms with Crippen LogP contribution in [0.15, 0.2) is 33.5 Å². The summed E-state index contributed by atoms with van der Waals surface area (Å²) in [7, 11) is 0. The number of halogens is 1. The molecule has 0 radical (unpaired) electrons. The average Bonchev–Trinajstić information content (AvgIpc) is 2.93. The lowest BCUT2D eigenvalue weighted by atomic mass is 10.2. The first-order valence-electron chi connectivity index (χ1n) is 5.83. The molecule has 1 aromatic carbocycles. The highest BCUT2D eigenvalue weighted by molar-refractivity contribution is 9.10. The van der Waals surface area contributed by atoms with E-state index in [-0.39, 0.29) is 5.56 Å². The van der Waals surface area contributed by atoms with Gasteiger partial charge in [-0.15, -0.1) is 5.10 Å². The van der Waals surface area contributed by atoms with Crippen molar-refractivity contribution < 1.29 is 0 Å². The maximum Gasteiger partial charge on any atom is 0.291 e. The van der Waals surface area contributed by atoms with Crippen LogP contribution in [-0.4, -0.2) is 14.6 Å². The van der Waals surface area contributed by atoms with Crippen molar-refractivity contribution in [1.29, 1.82) is 0 Å². The van der Waals surface area contributed by atoms with E-state index in [0.717, 1.165) is 16.5 Å². The maximum absolute atomic E-state index is 12.2. The second-order valence-corrected chi connectivity index (χ2v) is 5.97. The van der Waals surface area contributed by atoms with Gasteiger partial charge in [0.2, 0.25) is 4.96 Å². The van der Waals surface area contributed by atoms with E-state index in [2.05, 4.69) is 26.0 Å². The first-order chi connectivity index (χ1) is 9.17. The fourth-order valence-corrected chi connectivity index (χ4v) is 2.93. The quantitative estimate of drug-likeness (QED) is 0.719. The first-order valence-corrected chi connectivity index (χ1v) is 7.44. The van der Waals surface area contributed by atoms with Gasteiger partial charge in [0.25, 0.3) is 5.56 Å². The molecule has 6 heteroatoms. The molecule has 0 unspecified atom stereocenters. The minimum atomic E-state index is -0.102. The Hall–Kier alpha value is -1.53. The zero-order valence-corrected chi connectivity index (χ0v) is 12.5. The van der Waals surface area contributed by atoms with Gasteiger partial charge < -0.3 is 0 Å². The minimum Gasteiger partial charge on any atom is -0.266 e. The molecule has 0 spiro atoms. The molecule has 2 aromatic heterocycles. The number of thiazole rings is 1. The van der Waals surface area contributed by atoms with Gasteiger partial charge in [0.05, 0.1) is 4.53 Å². The summed E-state index contributed by atoms with van der Waals surface area (Å²) >= 11 is 4.75. The van der Waals surface area contributed by atoms with Crippen LogP contribution in [0.1, 0.15) is 18.3 Å². The van der Waals surface area contributed by atoms with E-state index >= 15 is 0 Å². The highest BCUT2D eigenvalue weighted by Crippen LogP contribution is 2.11. The number of hydrogen-bond acceptors (Lipinski definition) is 4. The van der Waals surface area contributed by atoms with Crippen LogP contribution in [-0.2, 0) is 6.42 Å². The molecule has 0 saturated carbocycles. The van der Waals surface area contributed by atoms with E-state index in [9.17, 15) is 4.79 Å². The summed E-state index contributed by atoms with van der Waals surface area (Å²) in [6, 6.07) is 7.80. The Morgan fingerprint density at radius 3 is 2.74 bits per heavy atom. The molecule has 3 rings (SSSR count). The molecule has 96 valence electrons. The Balaban J connectivity index is 2.15. The molecule has 0 aliphatic heterocycles. The summed E-state index contributed by atoms with van der Waals surface area (Å²) in [5.74, 6) is 0.707. The third kappa shape index (κ3) is 2.33. The smallest absolute Gasteiger partial charge is 0.266 e. The van der Waals surface area contributed by atoms with Crippen molar-refractivity contribution >= 4 is 38.3 Å². The van der Waals surface area contributed by atoms with E-state index in [1.807, 2.05) is 37.3 Å². The van der Waals surface area contributed by atoms with Gasteiger partial charge >= 0.3 is 0 Å². The van der Waals surface area contributed by atoms with E-state index in [1.165, 1.54) is 15.9 Å². The van der Waals surface area contributed by atoms with Crippen LogP contribution in [0.5, 0.6) is 0 Å². The third-order valence-corrected chi connectivity index (χ3v) is 4.20. The largest absolute Gasteiger partial charge is 0.291 e. The monoisotopic (exact) mass is 335 g/mol. The van der Waals surface area contributed by atoms with Gasteiger partial charge in [0, 0.05) is 10.9 Å². The van der Waals surface area contributed by atoms with Crippen molar-refractivity contribution in [3.8, 4) is 0 Å². The Morgan fingerprint density at radius 1 is 1.37 bits per heavy atom. The number of hydrogen-bond donors (Lipinski definition) is 0. The average molecular weight is 336 g/mol. The van der Waals surface area contributed by atoms with Crippen molar-refractivity contribution in [2.75, 3.05) is 0 Å². The van der Waals surface area contributed by atoms with Crippen LogP contribution >= 0.6 is 27.3 Å². The van der Waals surface area contributed by atoms with Crippen molar-refractivity contribution in [2.24, 2.45) is 0 Å². The molecule has 4 nitrogen and oxygen atoms in total. The second-order valence-electron chi connectivity index (χ2n) is 4.04. The number of aromatic nitrogens is 3. The lowest BCUT2D eigenvalue weighted by Crippen LogP contribution is -2.23. The van der Waals surface area contributed by atoms with Gasteiger partial charge in [-0.25, -0.2) is 4.98 Å². The maximum atomic E-state index is 12.2. The Morgan fingerprint density at radius 2 is 2.11 bits per heavy atom. The summed E-state index contributed by atoms with van der Waals surface area (Å²) < 4.78 is 3.05. The van der Waals surface area contributed by atoms with Crippen LogP contribution in [0.2, 0.25) is 0 Å². The Labute approximate surface area is 121 Å². The first kappa shape index (κ1) is 12.5. The number of benzene rings is 1. The van der Waals surface area contributed by atoms with Crippen LogP contribution in [0.3, 0.4) is 0 Å². The minimum absolute atomic E-state index is 0.102. The van der Waals surface area contributed by atoms with Gasteiger partial charge in [0.1, 0.15) is 0 Å².